The topological polar surface area (TPSA) is 42.0 Å². The molecule has 20 heavy (non-hydrogen) atoms. The van der Waals surface area contributed by atoms with E-state index in [2.05, 4.69) is 17.2 Å². The molecule has 0 saturated carbocycles. The molecule has 0 aliphatic rings. The van der Waals surface area contributed by atoms with Crippen molar-refractivity contribution < 1.29 is 4.79 Å². The molecule has 1 aromatic carbocycles. The van der Waals surface area contributed by atoms with Crippen molar-refractivity contribution in [3.05, 3.63) is 58.4 Å². The van der Waals surface area contributed by atoms with E-state index in [0.29, 0.717) is 10.6 Å². The van der Waals surface area contributed by atoms with Crippen molar-refractivity contribution in [1.82, 2.24) is 4.98 Å². The van der Waals surface area contributed by atoms with Crippen LogP contribution in [0.4, 0.5) is 5.69 Å². The highest BCUT2D eigenvalue weighted by atomic mass is 35.5. The average Bonchev–Trinajstić information content (AvgIpc) is 2.41. The molecule has 0 atom stereocenters. The number of carbonyl (C=O) groups is 1. The Bertz CT molecular complexity index is 608. The fourth-order valence-corrected chi connectivity index (χ4v) is 2.23. The Kier molecular flexibility index (Phi) is 4.74. The monoisotopic (exact) mass is 288 g/mol. The van der Waals surface area contributed by atoms with Crippen LogP contribution in [0.15, 0.2) is 36.5 Å². The molecule has 4 heteroatoms. The lowest BCUT2D eigenvalue weighted by Gasteiger charge is -2.07. The number of nitrogens with one attached hydrogen (secondary N) is 1. The van der Waals surface area contributed by atoms with E-state index >= 15 is 0 Å². The van der Waals surface area contributed by atoms with Crippen LogP contribution in [0, 0.1) is 6.92 Å². The molecular weight excluding hydrogens is 272 g/mol. The number of rotatable bonds is 4. The maximum Gasteiger partial charge on any atom is 0.258 e. The second kappa shape index (κ2) is 6.53. The first-order valence-electron chi connectivity index (χ1n) is 6.62. The minimum atomic E-state index is -0.245. The van der Waals surface area contributed by atoms with Gasteiger partial charge in [0, 0.05) is 17.6 Å². The van der Waals surface area contributed by atoms with Gasteiger partial charge in [-0.2, -0.15) is 0 Å². The zero-order valence-electron chi connectivity index (χ0n) is 11.6. The Morgan fingerprint density at radius 2 is 2.00 bits per heavy atom. The SMILES string of the molecule is CCCc1ccc(NC(=O)c2cnc(C)cc2Cl)cc1. The van der Waals surface area contributed by atoms with E-state index in [-0.39, 0.29) is 5.91 Å². The van der Waals surface area contributed by atoms with Gasteiger partial charge in [0.05, 0.1) is 10.6 Å². The van der Waals surface area contributed by atoms with Gasteiger partial charge >= 0.3 is 0 Å². The van der Waals surface area contributed by atoms with Gasteiger partial charge in [0.25, 0.3) is 5.91 Å². The van der Waals surface area contributed by atoms with E-state index in [1.54, 1.807) is 6.07 Å². The van der Waals surface area contributed by atoms with Crippen molar-refractivity contribution in [2.45, 2.75) is 26.7 Å². The van der Waals surface area contributed by atoms with Crippen molar-refractivity contribution in [2.75, 3.05) is 5.32 Å². The highest BCUT2D eigenvalue weighted by molar-refractivity contribution is 6.34. The Morgan fingerprint density at radius 3 is 2.60 bits per heavy atom. The lowest BCUT2D eigenvalue weighted by Crippen LogP contribution is -2.13. The summed E-state index contributed by atoms with van der Waals surface area (Å²) in [5, 5.41) is 3.24. The number of aromatic nitrogens is 1. The molecule has 1 heterocycles. The van der Waals surface area contributed by atoms with Gasteiger partial charge in [-0.1, -0.05) is 37.1 Å². The molecule has 1 amide bonds. The predicted molar refractivity (Wildman–Crippen MR) is 82.4 cm³/mol. The number of hydrogen-bond donors (Lipinski definition) is 1. The number of carbonyl (C=O) groups excluding carboxylic acids is 1. The van der Waals surface area contributed by atoms with Crippen molar-refractivity contribution in [2.24, 2.45) is 0 Å². The Hall–Kier alpha value is -1.87. The fraction of sp³-hybridized carbons (Fsp3) is 0.250. The summed E-state index contributed by atoms with van der Waals surface area (Å²) in [6.07, 6.45) is 3.65. The average molecular weight is 289 g/mol. The molecule has 0 saturated heterocycles. The van der Waals surface area contributed by atoms with Crippen molar-refractivity contribution >= 4 is 23.2 Å². The van der Waals surface area contributed by atoms with Crippen molar-refractivity contribution in [1.29, 1.82) is 0 Å². The number of pyridine rings is 1. The summed E-state index contributed by atoms with van der Waals surface area (Å²) < 4.78 is 0. The zero-order valence-corrected chi connectivity index (χ0v) is 12.4. The summed E-state index contributed by atoms with van der Waals surface area (Å²) in [6.45, 7) is 3.97. The van der Waals surface area contributed by atoms with E-state index in [0.717, 1.165) is 24.2 Å². The van der Waals surface area contributed by atoms with Crippen LogP contribution in [0.2, 0.25) is 5.02 Å². The van der Waals surface area contributed by atoms with Gasteiger partial charge < -0.3 is 5.32 Å². The van der Waals surface area contributed by atoms with Crippen LogP contribution in [0.1, 0.15) is 35.0 Å². The highest BCUT2D eigenvalue weighted by Gasteiger charge is 2.11. The number of benzene rings is 1. The number of hydrogen-bond acceptors (Lipinski definition) is 2. The van der Waals surface area contributed by atoms with Gasteiger partial charge in [-0.15, -0.1) is 0 Å². The van der Waals surface area contributed by atoms with E-state index in [1.807, 2.05) is 31.2 Å². The molecular formula is C16H17ClN2O. The summed E-state index contributed by atoms with van der Waals surface area (Å²) in [4.78, 5) is 16.2. The molecule has 2 aromatic rings. The van der Waals surface area contributed by atoms with E-state index < -0.39 is 0 Å². The normalized spacial score (nSPS) is 10.3. The largest absolute Gasteiger partial charge is 0.322 e. The van der Waals surface area contributed by atoms with Crippen LogP contribution in [0.25, 0.3) is 0 Å². The van der Waals surface area contributed by atoms with Crippen LogP contribution in [0.3, 0.4) is 0 Å². The number of amides is 1. The molecule has 3 nitrogen and oxygen atoms in total. The molecule has 0 spiro atoms. The van der Waals surface area contributed by atoms with Gasteiger partial charge in [-0.25, -0.2) is 0 Å². The summed E-state index contributed by atoms with van der Waals surface area (Å²) in [5.74, 6) is -0.245. The first-order valence-corrected chi connectivity index (χ1v) is 7.00. The third-order valence-electron chi connectivity index (χ3n) is 2.99. The summed E-state index contributed by atoms with van der Waals surface area (Å²) in [7, 11) is 0. The molecule has 0 unspecified atom stereocenters. The van der Waals surface area contributed by atoms with Crippen LogP contribution in [-0.4, -0.2) is 10.9 Å². The number of nitrogens with zero attached hydrogens (tertiary/aromatic N) is 1. The van der Waals surface area contributed by atoms with Gasteiger partial charge in [-0.05, 0) is 37.1 Å². The summed E-state index contributed by atoms with van der Waals surface area (Å²) in [6, 6.07) is 9.53. The third kappa shape index (κ3) is 3.58. The second-order valence-corrected chi connectivity index (χ2v) is 5.11. The molecule has 0 fully saturated rings. The van der Waals surface area contributed by atoms with Gasteiger partial charge in [-0.3, -0.25) is 9.78 Å². The molecule has 1 aromatic heterocycles. The van der Waals surface area contributed by atoms with Crippen LogP contribution in [-0.2, 0) is 6.42 Å². The third-order valence-corrected chi connectivity index (χ3v) is 3.30. The van der Waals surface area contributed by atoms with Gasteiger partial charge in [0.15, 0.2) is 0 Å². The first kappa shape index (κ1) is 14.5. The smallest absolute Gasteiger partial charge is 0.258 e. The van der Waals surface area contributed by atoms with Crippen LogP contribution in [0.5, 0.6) is 0 Å². The maximum absolute atomic E-state index is 12.1. The summed E-state index contributed by atoms with van der Waals surface area (Å²) in [5.41, 5.74) is 3.19. The van der Waals surface area contributed by atoms with Gasteiger partial charge in [0.2, 0.25) is 0 Å². The molecule has 1 N–H and O–H groups in total. The zero-order chi connectivity index (χ0) is 14.5. The summed E-state index contributed by atoms with van der Waals surface area (Å²) >= 11 is 6.06. The molecule has 0 aliphatic heterocycles. The molecule has 0 radical (unpaired) electrons. The van der Waals surface area contributed by atoms with Crippen LogP contribution < -0.4 is 5.32 Å². The number of halogens is 1. The molecule has 2 rings (SSSR count). The van der Waals surface area contributed by atoms with E-state index in [4.69, 9.17) is 11.6 Å². The number of anilines is 1. The fourth-order valence-electron chi connectivity index (χ4n) is 1.94. The quantitative estimate of drug-likeness (QED) is 0.914. The second-order valence-electron chi connectivity index (χ2n) is 4.71. The van der Waals surface area contributed by atoms with Gasteiger partial charge in [0.1, 0.15) is 0 Å². The molecule has 0 aliphatic carbocycles. The lowest BCUT2D eigenvalue weighted by atomic mass is 10.1. The Balaban J connectivity index is 2.11. The first-order chi connectivity index (χ1) is 9.60. The number of aryl methyl sites for hydroxylation is 2. The molecule has 0 bridgehead atoms. The Morgan fingerprint density at radius 1 is 1.30 bits per heavy atom. The van der Waals surface area contributed by atoms with E-state index in [1.165, 1.54) is 11.8 Å². The molecule has 104 valence electrons. The van der Waals surface area contributed by atoms with Crippen molar-refractivity contribution in [3.8, 4) is 0 Å². The Labute approximate surface area is 124 Å². The maximum atomic E-state index is 12.1. The highest BCUT2D eigenvalue weighted by Crippen LogP contribution is 2.18. The van der Waals surface area contributed by atoms with E-state index in [9.17, 15) is 4.79 Å². The standard InChI is InChI=1S/C16H17ClN2O/c1-3-4-12-5-7-13(8-6-12)19-16(20)14-10-18-11(2)9-15(14)17/h5-10H,3-4H2,1-2H3,(H,19,20). The lowest BCUT2D eigenvalue weighted by molar-refractivity contribution is 0.102. The minimum Gasteiger partial charge on any atom is -0.322 e. The van der Waals surface area contributed by atoms with Crippen LogP contribution >= 0.6 is 11.6 Å². The predicted octanol–water partition coefficient (Wildman–Crippen LogP) is 4.25. The van der Waals surface area contributed by atoms with Crippen molar-refractivity contribution in [3.63, 3.8) is 0 Å². The minimum absolute atomic E-state index is 0.245.